The van der Waals surface area contributed by atoms with Gasteiger partial charge in [-0.2, -0.15) is 5.26 Å². The third-order valence-corrected chi connectivity index (χ3v) is 2.50. The van der Waals surface area contributed by atoms with E-state index in [0.717, 1.165) is 5.69 Å². The SMILES string of the molecule is CC(C)C(CCO)Nc1cccnc1C#N. The van der Waals surface area contributed by atoms with E-state index < -0.39 is 0 Å². The number of nitrogens with one attached hydrogen (secondary N) is 1. The topological polar surface area (TPSA) is 68.9 Å². The Morgan fingerprint density at radius 2 is 2.31 bits per heavy atom. The van der Waals surface area contributed by atoms with Crippen LogP contribution in [0.5, 0.6) is 0 Å². The molecule has 0 aliphatic carbocycles. The zero-order valence-corrected chi connectivity index (χ0v) is 9.64. The minimum absolute atomic E-state index is 0.137. The van der Waals surface area contributed by atoms with Gasteiger partial charge < -0.3 is 10.4 Å². The smallest absolute Gasteiger partial charge is 0.163 e. The van der Waals surface area contributed by atoms with Gasteiger partial charge in [-0.25, -0.2) is 4.98 Å². The Bertz CT molecular complexity index is 371. The summed E-state index contributed by atoms with van der Waals surface area (Å²) < 4.78 is 0. The first-order chi connectivity index (χ1) is 7.69. The number of aliphatic hydroxyl groups excluding tert-OH is 1. The second-order valence-electron chi connectivity index (χ2n) is 4.02. The quantitative estimate of drug-likeness (QED) is 0.792. The van der Waals surface area contributed by atoms with Crippen LogP contribution in [-0.4, -0.2) is 22.7 Å². The number of hydrogen-bond donors (Lipinski definition) is 2. The highest BCUT2D eigenvalue weighted by Crippen LogP contribution is 2.17. The van der Waals surface area contributed by atoms with Crippen molar-refractivity contribution in [3.05, 3.63) is 24.0 Å². The highest BCUT2D eigenvalue weighted by molar-refractivity contribution is 5.53. The molecule has 0 spiro atoms. The molecule has 1 unspecified atom stereocenters. The highest BCUT2D eigenvalue weighted by Gasteiger charge is 2.14. The number of hydrogen-bond acceptors (Lipinski definition) is 4. The average molecular weight is 219 g/mol. The molecule has 4 heteroatoms. The van der Waals surface area contributed by atoms with Gasteiger partial charge in [0.2, 0.25) is 0 Å². The van der Waals surface area contributed by atoms with Crippen LogP contribution in [-0.2, 0) is 0 Å². The summed E-state index contributed by atoms with van der Waals surface area (Å²) in [6.45, 7) is 4.30. The third kappa shape index (κ3) is 3.21. The molecule has 86 valence electrons. The van der Waals surface area contributed by atoms with Gasteiger partial charge in [0, 0.05) is 18.8 Å². The second-order valence-corrected chi connectivity index (χ2v) is 4.02. The fourth-order valence-corrected chi connectivity index (χ4v) is 1.52. The Kier molecular flexibility index (Phi) is 4.74. The summed E-state index contributed by atoms with van der Waals surface area (Å²) >= 11 is 0. The van der Waals surface area contributed by atoms with Crippen LogP contribution < -0.4 is 5.32 Å². The van der Waals surface area contributed by atoms with Gasteiger partial charge in [0.15, 0.2) is 5.69 Å². The molecule has 0 bridgehead atoms. The van der Waals surface area contributed by atoms with Crippen LogP contribution in [0.1, 0.15) is 26.0 Å². The minimum Gasteiger partial charge on any atom is -0.396 e. The molecule has 2 N–H and O–H groups in total. The molecule has 0 saturated carbocycles. The fourth-order valence-electron chi connectivity index (χ4n) is 1.52. The van der Waals surface area contributed by atoms with Gasteiger partial charge >= 0.3 is 0 Å². The van der Waals surface area contributed by atoms with Crippen molar-refractivity contribution in [1.82, 2.24) is 4.98 Å². The van der Waals surface area contributed by atoms with Crippen LogP contribution in [0.4, 0.5) is 5.69 Å². The van der Waals surface area contributed by atoms with Crippen molar-refractivity contribution >= 4 is 5.69 Å². The Morgan fingerprint density at radius 1 is 1.56 bits per heavy atom. The van der Waals surface area contributed by atoms with E-state index in [1.54, 1.807) is 12.3 Å². The van der Waals surface area contributed by atoms with Crippen LogP contribution in [0, 0.1) is 17.2 Å². The number of aliphatic hydroxyl groups is 1. The van der Waals surface area contributed by atoms with Crippen LogP contribution in [0.15, 0.2) is 18.3 Å². The van der Waals surface area contributed by atoms with E-state index in [9.17, 15) is 0 Å². The Balaban J connectivity index is 2.81. The summed E-state index contributed by atoms with van der Waals surface area (Å²) in [6.07, 6.45) is 2.26. The van der Waals surface area contributed by atoms with Crippen molar-refractivity contribution in [2.75, 3.05) is 11.9 Å². The van der Waals surface area contributed by atoms with Gasteiger partial charge in [-0.3, -0.25) is 0 Å². The van der Waals surface area contributed by atoms with Gasteiger partial charge in [-0.05, 0) is 24.5 Å². The number of anilines is 1. The molecule has 4 nitrogen and oxygen atoms in total. The Morgan fingerprint density at radius 3 is 2.88 bits per heavy atom. The summed E-state index contributed by atoms with van der Waals surface area (Å²) in [5, 5.41) is 21.1. The molecule has 16 heavy (non-hydrogen) atoms. The molecule has 0 amide bonds. The zero-order valence-electron chi connectivity index (χ0n) is 9.64. The predicted octanol–water partition coefficient (Wildman–Crippen LogP) is 1.77. The molecule has 1 atom stereocenters. The van der Waals surface area contributed by atoms with Gasteiger partial charge in [0.1, 0.15) is 6.07 Å². The standard InChI is InChI=1S/C12H17N3O/c1-9(2)10(5-7-16)15-11-4-3-6-14-12(11)8-13/h3-4,6,9-10,15-16H,5,7H2,1-2H3. The lowest BCUT2D eigenvalue weighted by Crippen LogP contribution is -2.27. The van der Waals surface area contributed by atoms with Crippen molar-refractivity contribution in [3.8, 4) is 6.07 Å². The lowest BCUT2D eigenvalue weighted by Gasteiger charge is -2.22. The first-order valence-electron chi connectivity index (χ1n) is 5.41. The molecule has 0 aliphatic rings. The molecular weight excluding hydrogens is 202 g/mol. The number of nitriles is 1. The van der Waals surface area contributed by atoms with E-state index in [-0.39, 0.29) is 12.6 Å². The van der Waals surface area contributed by atoms with Crippen molar-refractivity contribution in [1.29, 1.82) is 5.26 Å². The normalized spacial score (nSPS) is 12.2. The molecule has 0 aliphatic heterocycles. The van der Waals surface area contributed by atoms with E-state index in [2.05, 4.69) is 24.1 Å². The Labute approximate surface area is 95.9 Å². The van der Waals surface area contributed by atoms with Gasteiger partial charge in [-0.15, -0.1) is 0 Å². The maximum Gasteiger partial charge on any atom is 0.163 e. The molecule has 1 rings (SSSR count). The maximum atomic E-state index is 8.97. The van der Waals surface area contributed by atoms with Crippen LogP contribution in [0.3, 0.4) is 0 Å². The molecular formula is C12H17N3O. The lowest BCUT2D eigenvalue weighted by atomic mass is 10.0. The maximum absolute atomic E-state index is 8.97. The number of pyridine rings is 1. The summed E-state index contributed by atoms with van der Waals surface area (Å²) in [7, 11) is 0. The second kappa shape index (κ2) is 6.09. The van der Waals surface area contributed by atoms with Crippen molar-refractivity contribution in [3.63, 3.8) is 0 Å². The zero-order chi connectivity index (χ0) is 12.0. The van der Waals surface area contributed by atoms with E-state index in [1.165, 1.54) is 0 Å². The van der Waals surface area contributed by atoms with E-state index in [0.29, 0.717) is 18.0 Å². The van der Waals surface area contributed by atoms with Gasteiger partial charge in [0.05, 0.1) is 5.69 Å². The first kappa shape index (κ1) is 12.5. The summed E-state index contributed by atoms with van der Waals surface area (Å²) in [5.74, 6) is 0.388. The molecule has 0 radical (unpaired) electrons. The number of nitrogens with zero attached hydrogens (tertiary/aromatic N) is 2. The molecule has 1 aromatic heterocycles. The third-order valence-electron chi connectivity index (χ3n) is 2.50. The number of aromatic nitrogens is 1. The largest absolute Gasteiger partial charge is 0.396 e. The summed E-state index contributed by atoms with van der Waals surface area (Å²) in [5.41, 5.74) is 1.13. The minimum atomic E-state index is 0.137. The lowest BCUT2D eigenvalue weighted by molar-refractivity contribution is 0.267. The van der Waals surface area contributed by atoms with Gasteiger partial charge in [-0.1, -0.05) is 13.8 Å². The molecule has 0 aromatic carbocycles. The molecule has 1 heterocycles. The highest BCUT2D eigenvalue weighted by atomic mass is 16.3. The van der Waals surface area contributed by atoms with Gasteiger partial charge in [0.25, 0.3) is 0 Å². The fraction of sp³-hybridized carbons (Fsp3) is 0.500. The molecule has 0 saturated heterocycles. The van der Waals surface area contributed by atoms with Crippen molar-refractivity contribution in [2.24, 2.45) is 5.92 Å². The van der Waals surface area contributed by atoms with Crippen LogP contribution in [0.25, 0.3) is 0 Å². The monoisotopic (exact) mass is 219 g/mol. The molecule has 1 aromatic rings. The Hall–Kier alpha value is -1.60. The van der Waals surface area contributed by atoms with E-state index in [1.807, 2.05) is 12.1 Å². The van der Waals surface area contributed by atoms with E-state index in [4.69, 9.17) is 10.4 Å². The number of rotatable bonds is 5. The summed E-state index contributed by atoms with van der Waals surface area (Å²) in [4.78, 5) is 3.98. The predicted molar refractivity (Wildman–Crippen MR) is 62.9 cm³/mol. The van der Waals surface area contributed by atoms with E-state index >= 15 is 0 Å². The first-order valence-corrected chi connectivity index (χ1v) is 5.41. The average Bonchev–Trinajstić information content (AvgIpc) is 2.29. The van der Waals surface area contributed by atoms with Crippen LogP contribution >= 0.6 is 0 Å². The van der Waals surface area contributed by atoms with Crippen molar-refractivity contribution in [2.45, 2.75) is 26.3 Å². The van der Waals surface area contributed by atoms with Crippen molar-refractivity contribution < 1.29 is 5.11 Å². The molecule has 0 fully saturated rings. The summed E-state index contributed by atoms with van der Waals surface area (Å²) in [6, 6.07) is 5.82. The van der Waals surface area contributed by atoms with Crippen LogP contribution in [0.2, 0.25) is 0 Å².